The summed E-state index contributed by atoms with van der Waals surface area (Å²) in [6.07, 6.45) is 8.26. The van der Waals surface area contributed by atoms with Crippen LogP contribution in [0.15, 0.2) is 12.2 Å². The maximum Gasteiger partial charge on any atom is 0.151 e. The molecule has 80 valence electrons. The van der Waals surface area contributed by atoms with Gasteiger partial charge in [-0.1, -0.05) is 12.2 Å². The van der Waals surface area contributed by atoms with Crippen LogP contribution in [0.1, 0.15) is 25.7 Å². The van der Waals surface area contributed by atoms with E-state index < -0.39 is 9.84 Å². The molecule has 2 aliphatic rings. The predicted octanol–water partition coefficient (Wildman–Crippen LogP) is 0.872. The minimum Gasteiger partial charge on any atom is -0.310 e. The first kappa shape index (κ1) is 10.2. The van der Waals surface area contributed by atoms with Gasteiger partial charge in [-0.25, -0.2) is 8.42 Å². The van der Waals surface area contributed by atoms with Crippen LogP contribution in [0.2, 0.25) is 0 Å². The standard InChI is InChI=1S/C10H17NO2S/c12-14(13)7-3-6-10(8-14)11-9-4-1-2-5-9/h1-2,9-11H,3-8H2. The zero-order chi connectivity index (χ0) is 10.0. The number of sulfone groups is 1. The highest BCUT2D eigenvalue weighted by atomic mass is 32.2. The van der Waals surface area contributed by atoms with E-state index in [9.17, 15) is 8.42 Å². The Morgan fingerprint density at radius 1 is 1.14 bits per heavy atom. The lowest BCUT2D eigenvalue weighted by molar-refractivity contribution is 0.424. The van der Waals surface area contributed by atoms with Crippen molar-refractivity contribution in [3.8, 4) is 0 Å². The number of hydrogen-bond donors (Lipinski definition) is 1. The molecule has 0 aromatic rings. The Balaban J connectivity index is 1.86. The van der Waals surface area contributed by atoms with Crippen molar-refractivity contribution in [2.75, 3.05) is 11.5 Å². The van der Waals surface area contributed by atoms with Crippen LogP contribution < -0.4 is 5.32 Å². The minimum absolute atomic E-state index is 0.193. The molecule has 1 atom stereocenters. The van der Waals surface area contributed by atoms with Crippen molar-refractivity contribution in [3.63, 3.8) is 0 Å². The fraction of sp³-hybridized carbons (Fsp3) is 0.800. The molecule has 1 fully saturated rings. The Bertz CT molecular complexity index is 313. The lowest BCUT2D eigenvalue weighted by Gasteiger charge is -2.26. The van der Waals surface area contributed by atoms with E-state index in [0.29, 0.717) is 17.5 Å². The van der Waals surface area contributed by atoms with Crippen molar-refractivity contribution in [2.45, 2.75) is 37.8 Å². The molecule has 4 heteroatoms. The Morgan fingerprint density at radius 2 is 1.86 bits per heavy atom. The molecule has 1 aliphatic heterocycles. The Morgan fingerprint density at radius 3 is 2.50 bits per heavy atom. The highest BCUT2D eigenvalue weighted by molar-refractivity contribution is 7.91. The molecular formula is C10H17NO2S. The molecular weight excluding hydrogens is 198 g/mol. The van der Waals surface area contributed by atoms with E-state index in [4.69, 9.17) is 0 Å². The summed E-state index contributed by atoms with van der Waals surface area (Å²) in [5.74, 6) is 0.720. The van der Waals surface area contributed by atoms with E-state index >= 15 is 0 Å². The fourth-order valence-electron chi connectivity index (χ4n) is 2.24. The van der Waals surface area contributed by atoms with Gasteiger partial charge in [-0.05, 0) is 25.7 Å². The largest absolute Gasteiger partial charge is 0.310 e. The van der Waals surface area contributed by atoms with Crippen LogP contribution in [0.3, 0.4) is 0 Å². The Kier molecular flexibility index (Phi) is 2.93. The van der Waals surface area contributed by atoms with E-state index in [1.165, 1.54) is 0 Å². The van der Waals surface area contributed by atoms with E-state index in [0.717, 1.165) is 25.7 Å². The first-order valence-electron chi connectivity index (χ1n) is 5.27. The van der Waals surface area contributed by atoms with Gasteiger partial charge < -0.3 is 5.32 Å². The van der Waals surface area contributed by atoms with Gasteiger partial charge in [0.05, 0.1) is 11.5 Å². The lowest BCUT2D eigenvalue weighted by Crippen LogP contribution is -2.44. The molecule has 0 amide bonds. The maximum absolute atomic E-state index is 11.4. The number of rotatable bonds is 2. The van der Waals surface area contributed by atoms with Crippen LogP contribution >= 0.6 is 0 Å². The molecule has 2 rings (SSSR count). The summed E-state index contributed by atoms with van der Waals surface area (Å²) in [5.41, 5.74) is 0. The van der Waals surface area contributed by atoms with Crippen molar-refractivity contribution >= 4 is 9.84 Å². The van der Waals surface area contributed by atoms with Gasteiger partial charge in [-0.3, -0.25) is 0 Å². The van der Waals surface area contributed by atoms with Gasteiger partial charge in [0.25, 0.3) is 0 Å². The predicted molar refractivity (Wildman–Crippen MR) is 57.0 cm³/mol. The van der Waals surface area contributed by atoms with Gasteiger partial charge in [0, 0.05) is 12.1 Å². The summed E-state index contributed by atoms with van der Waals surface area (Å²) in [5, 5.41) is 3.43. The van der Waals surface area contributed by atoms with Crippen molar-refractivity contribution in [1.29, 1.82) is 0 Å². The van der Waals surface area contributed by atoms with Crippen LogP contribution in [-0.2, 0) is 9.84 Å². The second-order valence-electron chi connectivity index (χ2n) is 4.26. The summed E-state index contributed by atoms with van der Waals surface area (Å²) in [4.78, 5) is 0. The van der Waals surface area contributed by atoms with Gasteiger partial charge >= 0.3 is 0 Å². The van der Waals surface area contributed by atoms with Crippen molar-refractivity contribution in [1.82, 2.24) is 5.32 Å². The topological polar surface area (TPSA) is 46.2 Å². The Hall–Kier alpha value is -0.350. The zero-order valence-corrected chi connectivity index (χ0v) is 9.09. The second-order valence-corrected chi connectivity index (χ2v) is 6.49. The highest BCUT2D eigenvalue weighted by Gasteiger charge is 2.26. The third kappa shape index (κ3) is 2.58. The molecule has 0 bridgehead atoms. The second kappa shape index (κ2) is 4.03. The molecule has 1 saturated heterocycles. The normalized spacial score (nSPS) is 32.1. The molecule has 0 aromatic carbocycles. The van der Waals surface area contributed by atoms with Crippen LogP contribution in [0.4, 0.5) is 0 Å². The van der Waals surface area contributed by atoms with Gasteiger partial charge in [0.1, 0.15) is 0 Å². The summed E-state index contributed by atoms with van der Waals surface area (Å²) in [6, 6.07) is 0.673. The van der Waals surface area contributed by atoms with Crippen molar-refractivity contribution < 1.29 is 8.42 Å². The zero-order valence-electron chi connectivity index (χ0n) is 8.28. The molecule has 3 nitrogen and oxygen atoms in total. The molecule has 1 N–H and O–H groups in total. The van der Waals surface area contributed by atoms with Crippen LogP contribution in [0.25, 0.3) is 0 Å². The number of nitrogens with one attached hydrogen (secondary N) is 1. The number of hydrogen-bond acceptors (Lipinski definition) is 3. The van der Waals surface area contributed by atoms with Gasteiger partial charge in [-0.2, -0.15) is 0 Å². The Labute approximate surface area is 85.5 Å². The summed E-state index contributed by atoms with van der Waals surface area (Å²) in [7, 11) is -2.76. The van der Waals surface area contributed by atoms with E-state index in [-0.39, 0.29) is 6.04 Å². The fourth-order valence-corrected chi connectivity index (χ4v) is 3.89. The van der Waals surface area contributed by atoms with Gasteiger partial charge in [0.2, 0.25) is 0 Å². The third-order valence-corrected chi connectivity index (χ3v) is 4.76. The smallest absolute Gasteiger partial charge is 0.151 e. The van der Waals surface area contributed by atoms with Crippen LogP contribution in [-0.4, -0.2) is 32.0 Å². The quantitative estimate of drug-likeness (QED) is 0.695. The highest BCUT2D eigenvalue weighted by Crippen LogP contribution is 2.16. The molecule has 14 heavy (non-hydrogen) atoms. The van der Waals surface area contributed by atoms with Crippen LogP contribution in [0.5, 0.6) is 0 Å². The SMILES string of the molecule is O=S1(=O)CCCC(NC2CC=CC2)C1. The monoisotopic (exact) mass is 215 g/mol. The van der Waals surface area contributed by atoms with Gasteiger partial charge in [-0.15, -0.1) is 0 Å². The first-order valence-corrected chi connectivity index (χ1v) is 7.09. The summed E-state index contributed by atoms with van der Waals surface area (Å²) < 4.78 is 22.8. The molecule has 0 aromatic heterocycles. The minimum atomic E-state index is -2.76. The van der Waals surface area contributed by atoms with E-state index in [1.54, 1.807) is 0 Å². The van der Waals surface area contributed by atoms with Crippen LogP contribution in [0, 0.1) is 0 Å². The van der Waals surface area contributed by atoms with Crippen molar-refractivity contribution in [2.24, 2.45) is 0 Å². The molecule has 1 heterocycles. The molecule has 0 saturated carbocycles. The third-order valence-electron chi connectivity index (χ3n) is 2.94. The van der Waals surface area contributed by atoms with Gasteiger partial charge in [0.15, 0.2) is 9.84 Å². The first-order chi connectivity index (χ1) is 6.66. The summed E-state index contributed by atoms with van der Waals surface area (Å²) in [6.45, 7) is 0. The molecule has 0 radical (unpaired) electrons. The van der Waals surface area contributed by atoms with E-state index in [2.05, 4.69) is 17.5 Å². The lowest BCUT2D eigenvalue weighted by atomic mass is 10.1. The average molecular weight is 215 g/mol. The molecule has 0 spiro atoms. The molecule has 1 unspecified atom stereocenters. The summed E-state index contributed by atoms with van der Waals surface area (Å²) >= 11 is 0. The molecule has 1 aliphatic carbocycles. The van der Waals surface area contributed by atoms with E-state index in [1.807, 2.05) is 0 Å². The average Bonchev–Trinajstić information content (AvgIpc) is 2.54. The maximum atomic E-state index is 11.4. The van der Waals surface area contributed by atoms with Crippen molar-refractivity contribution in [3.05, 3.63) is 12.2 Å².